The Hall–Kier alpha value is -3.63. The third-order valence-electron chi connectivity index (χ3n) is 7.05. The zero-order chi connectivity index (χ0) is 24.0. The van der Waals surface area contributed by atoms with Gasteiger partial charge < -0.3 is 9.88 Å². The molecule has 1 aliphatic heterocycles. The van der Waals surface area contributed by atoms with Gasteiger partial charge in [-0.05, 0) is 29.7 Å². The molecule has 0 spiro atoms. The Kier molecular flexibility index (Phi) is 7.10. The summed E-state index contributed by atoms with van der Waals surface area (Å²) < 4.78 is 0. The number of H-pyrrole nitrogens is 1. The van der Waals surface area contributed by atoms with Crippen molar-refractivity contribution in [2.24, 2.45) is 0 Å². The van der Waals surface area contributed by atoms with E-state index in [1.807, 2.05) is 17.0 Å². The Morgan fingerprint density at radius 2 is 1.63 bits per heavy atom. The van der Waals surface area contributed by atoms with Crippen LogP contribution in [0.15, 0.2) is 91.1 Å². The standard InChI is InChI=1S/C31H33N3O/c1-24-13-15-26(16-14-24)28(29-23-32-30-12-6-5-11-27(29)30)22-31(35)34-20-18-33(19-21-34)17-7-10-25-8-3-2-4-9-25/h2-16,23,28,32H,17-22H2,1H3. The van der Waals surface area contributed by atoms with Crippen molar-refractivity contribution in [2.75, 3.05) is 32.7 Å². The molecule has 3 aromatic carbocycles. The van der Waals surface area contributed by atoms with Crippen molar-refractivity contribution in [3.05, 3.63) is 113 Å². The normalized spacial score (nSPS) is 15.6. The molecule has 0 aliphatic carbocycles. The van der Waals surface area contributed by atoms with Crippen molar-refractivity contribution in [1.82, 2.24) is 14.8 Å². The van der Waals surface area contributed by atoms with E-state index in [4.69, 9.17) is 0 Å². The van der Waals surface area contributed by atoms with Gasteiger partial charge in [-0.2, -0.15) is 0 Å². The summed E-state index contributed by atoms with van der Waals surface area (Å²) in [6.07, 6.45) is 6.96. The Morgan fingerprint density at radius 3 is 2.40 bits per heavy atom. The van der Waals surface area contributed by atoms with Crippen molar-refractivity contribution in [3.8, 4) is 0 Å². The average molecular weight is 464 g/mol. The number of carbonyl (C=O) groups excluding carboxylic acids is 1. The van der Waals surface area contributed by atoms with Crippen molar-refractivity contribution < 1.29 is 4.79 Å². The number of para-hydroxylation sites is 1. The third-order valence-corrected chi connectivity index (χ3v) is 7.05. The van der Waals surface area contributed by atoms with Crippen molar-refractivity contribution in [3.63, 3.8) is 0 Å². The number of amides is 1. The minimum atomic E-state index is 0.0334. The molecular weight excluding hydrogens is 430 g/mol. The predicted molar refractivity (Wildman–Crippen MR) is 144 cm³/mol. The largest absolute Gasteiger partial charge is 0.361 e. The first kappa shape index (κ1) is 23.1. The molecule has 35 heavy (non-hydrogen) atoms. The maximum Gasteiger partial charge on any atom is 0.223 e. The third kappa shape index (κ3) is 5.55. The summed E-state index contributed by atoms with van der Waals surface area (Å²) in [5.74, 6) is 0.270. The average Bonchev–Trinajstić information content (AvgIpc) is 3.33. The number of aromatic nitrogens is 1. The van der Waals surface area contributed by atoms with Gasteiger partial charge >= 0.3 is 0 Å². The summed E-state index contributed by atoms with van der Waals surface area (Å²) in [7, 11) is 0. The van der Waals surface area contributed by atoms with Crippen LogP contribution in [0, 0.1) is 6.92 Å². The van der Waals surface area contributed by atoms with E-state index < -0.39 is 0 Å². The van der Waals surface area contributed by atoms with E-state index in [2.05, 4.69) is 102 Å². The van der Waals surface area contributed by atoms with Gasteiger partial charge in [-0.15, -0.1) is 0 Å². The number of aryl methyl sites for hydroxylation is 1. The van der Waals surface area contributed by atoms with Crippen LogP contribution in [-0.4, -0.2) is 53.4 Å². The Morgan fingerprint density at radius 1 is 0.914 bits per heavy atom. The molecule has 1 saturated heterocycles. The summed E-state index contributed by atoms with van der Waals surface area (Å²) in [5.41, 5.74) is 5.96. The van der Waals surface area contributed by atoms with Crippen LogP contribution in [0.2, 0.25) is 0 Å². The van der Waals surface area contributed by atoms with E-state index in [0.717, 1.165) is 38.2 Å². The number of rotatable bonds is 7. The smallest absolute Gasteiger partial charge is 0.223 e. The van der Waals surface area contributed by atoms with Gasteiger partial charge in [0.25, 0.3) is 0 Å². The molecular formula is C31H33N3O. The summed E-state index contributed by atoms with van der Waals surface area (Å²) >= 11 is 0. The fourth-order valence-electron chi connectivity index (χ4n) is 4.97. The lowest BCUT2D eigenvalue weighted by Gasteiger charge is -2.35. The van der Waals surface area contributed by atoms with Crippen LogP contribution in [0.5, 0.6) is 0 Å². The SMILES string of the molecule is Cc1ccc(C(CC(=O)N2CCN(CC=Cc3ccccc3)CC2)c2c[nH]c3ccccc23)cc1. The number of nitrogens with one attached hydrogen (secondary N) is 1. The first-order chi connectivity index (χ1) is 17.2. The molecule has 0 radical (unpaired) electrons. The van der Waals surface area contributed by atoms with Gasteiger partial charge in [0, 0.05) is 62.2 Å². The molecule has 1 aliphatic rings. The molecule has 1 N–H and O–H groups in total. The molecule has 0 bridgehead atoms. The molecule has 2 heterocycles. The van der Waals surface area contributed by atoms with Crippen LogP contribution in [-0.2, 0) is 4.79 Å². The lowest BCUT2D eigenvalue weighted by atomic mass is 9.87. The highest BCUT2D eigenvalue weighted by atomic mass is 16.2. The van der Waals surface area contributed by atoms with Gasteiger partial charge in [0.05, 0.1) is 0 Å². The van der Waals surface area contributed by atoms with Gasteiger partial charge in [0.15, 0.2) is 0 Å². The second-order valence-corrected chi connectivity index (χ2v) is 9.45. The highest BCUT2D eigenvalue weighted by molar-refractivity contribution is 5.86. The molecule has 0 saturated carbocycles. The Labute approximate surface area is 207 Å². The van der Waals surface area contributed by atoms with Crippen LogP contribution in [0.4, 0.5) is 0 Å². The molecule has 4 nitrogen and oxygen atoms in total. The Bertz CT molecular complexity index is 1280. The molecule has 1 aromatic heterocycles. The molecule has 178 valence electrons. The van der Waals surface area contributed by atoms with Gasteiger partial charge in [-0.25, -0.2) is 0 Å². The number of hydrogen-bond donors (Lipinski definition) is 1. The summed E-state index contributed by atoms with van der Waals surface area (Å²) in [6.45, 7) is 6.40. The number of piperazine rings is 1. The minimum Gasteiger partial charge on any atom is -0.361 e. The van der Waals surface area contributed by atoms with E-state index in [-0.39, 0.29) is 11.8 Å². The maximum absolute atomic E-state index is 13.5. The second-order valence-electron chi connectivity index (χ2n) is 9.45. The number of fused-ring (bicyclic) bond motifs is 1. The predicted octanol–water partition coefficient (Wildman–Crippen LogP) is 5.86. The fraction of sp³-hybridized carbons (Fsp3) is 0.258. The molecule has 4 heteroatoms. The molecule has 4 aromatic rings. The zero-order valence-corrected chi connectivity index (χ0v) is 20.4. The number of nitrogens with zero attached hydrogens (tertiary/aromatic N) is 2. The highest BCUT2D eigenvalue weighted by Gasteiger charge is 2.26. The first-order valence-electron chi connectivity index (χ1n) is 12.5. The van der Waals surface area contributed by atoms with Gasteiger partial charge in [0.2, 0.25) is 5.91 Å². The van der Waals surface area contributed by atoms with Crippen LogP contribution >= 0.6 is 0 Å². The van der Waals surface area contributed by atoms with Crippen LogP contribution in [0.1, 0.15) is 34.6 Å². The van der Waals surface area contributed by atoms with Crippen molar-refractivity contribution in [2.45, 2.75) is 19.3 Å². The van der Waals surface area contributed by atoms with Crippen molar-refractivity contribution in [1.29, 1.82) is 0 Å². The molecule has 1 unspecified atom stereocenters. The lowest BCUT2D eigenvalue weighted by molar-refractivity contribution is -0.133. The zero-order valence-electron chi connectivity index (χ0n) is 20.4. The monoisotopic (exact) mass is 463 g/mol. The maximum atomic E-state index is 13.5. The van der Waals surface area contributed by atoms with E-state index in [0.29, 0.717) is 6.42 Å². The van der Waals surface area contributed by atoms with Crippen LogP contribution in [0.3, 0.4) is 0 Å². The second kappa shape index (κ2) is 10.7. The fourth-order valence-corrected chi connectivity index (χ4v) is 4.97. The van der Waals surface area contributed by atoms with E-state index in [1.165, 1.54) is 27.6 Å². The van der Waals surface area contributed by atoms with Gasteiger partial charge in [-0.1, -0.05) is 90.5 Å². The molecule has 1 atom stereocenters. The van der Waals surface area contributed by atoms with Crippen molar-refractivity contribution >= 4 is 22.9 Å². The van der Waals surface area contributed by atoms with Crippen LogP contribution in [0.25, 0.3) is 17.0 Å². The summed E-state index contributed by atoms with van der Waals surface area (Å²) in [5, 5.41) is 1.20. The number of hydrogen-bond acceptors (Lipinski definition) is 2. The van der Waals surface area contributed by atoms with Gasteiger partial charge in [0.1, 0.15) is 0 Å². The first-order valence-corrected chi connectivity index (χ1v) is 12.5. The molecule has 5 rings (SSSR count). The molecule has 1 amide bonds. The number of aromatic amines is 1. The van der Waals surface area contributed by atoms with E-state index >= 15 is 0 Å². The quantitative estimate of drug-likeness (QED) is 0.373. The van der Waals surface area contributed by atoms with Crippen LogP contribution < -0.4 is 0 Å². The van der Waals surface area contributed by atoms with E-state index in [1.54, 1.807) is 0 Å². The van der Waals surface area contributed by atoms with E-state index in [9.17, 15) is 4.79 Å². The summed E-state index contributed by atoms with van der Waals surface area (Å²) in [4.78, 5) is 21.3. The lowest BCUT2D eigenvalue weighted by Crippen LogP contribution is -2.48. The topological polar surface area (TPSA) is 39.3 Å². The number of benzene rings is 3. The Balaban J connectivity index is 1.25. The highest BCUT2D eigenvalue weighted by Crippen LogP contribution is 2.34. The number of carbonyl (C=O) groups is 1. The molecule has 1 fully saturated rings. The summed E-state index contributed by atoms with van der Waals surface area (Å²) in [6, 6.07) is 27.4. The minimum absolute atomic E-state index is 0.0334. The van der Waals surface area contributed by atoms with Gasteiger partial charge in [-0.3, -0.25) is 9.69 Å².